The summed E-state index contributed by atoms with van der Waals surface area (Å²) < 4.78 is 0. The van der Waals surface area contributed by atoms with Gasteiger partial charge in [-0.1, -0.05) is 18.2 Å². The number of nitrogens with zero attached hydrogens (tertiary/aromatic N) is 2. The van der Waals surface area contributed by atoms with Crippen molar-refractivity contribution in [2.24, 2.45) is 5.92 Å². The van der Waals surface area contributed by atoms with Gasteiger partial charge in [-0.15, -0.1) is 0 Å². The molecule has 3 rings (SSSR count). The SMILES string of the molecule is C[C@@H]1CCCCN1C(=O)[C@@H]1CC(=O)N(c2ccccc2)C1. The number of rotatable bonds is 2. The van der Waals surface area contributed by atoms with Crippen LogP contribution in [0.1, 0.15) is 32.6 Å². The maximum absolute atomic E-state index is 12.7. The molecule has 0 N–H and O–H groups in total. The summed E-state index contributed by atoms with van der Waals surface area (Å²) in [6.07, 6.45) is 3.70. The molecule has 2 saturated heterocycles. The molecule has 112 valence electrons. The third-order valence-electron chi connectivity index (χ3n) is 4.63. The summed E-state index contributed by atoms with van der Waals surface area (Å²) in [4.78, 5) is 28.6. The summed E-state index contributed by atoms with van der Waals surface area (Å²) >= 11 is 0. The Kier molecular flexibility index (Phi) is 3.95. The molecule has 2 amide bonds. The van der Waals surface area contributed by atoms with Crippen LogP contribution >= 0.6 is 0 Å². The second kappa shape index (κ2) is 5.88. The van der Waals surface area contributed by atoms with E-state index in [0.717, 1.165) is 25.1 Å². The van der Waals surface area contributed by atoms with Crippen molar-refractivity contribution in [3.8, 4) is 0 Å². The fourth-order valence-electron chi connectivity index (χ4n) is 3.39. The van der Waals surface area contributed by atoms with Crippen molar-refractivity contribution in [1.82, 2.24) is 4.90 Å². The molecule has 2 atom stereocenters. The number of carbonyl (C=O) groups excluding carboxylic acids is 2. The number of carbonyl (C=O) groups is 2. The smallest absolute Gasteiger partial charge is 0.228 e. The normalized spacial score (nSPS) is 26.2. The fraction of sp³-hybridized carbons (Fsp3) is 0.529. The van der Waals surface area contributed by atoms with Crippen LogP contribution in [0.2, 0.25) is 0 Å². The molecule has 2 aliphatic heterocycles. The van der Waals surface area contributed by atoms with E-state index in [0.29, 0.717) is 19.0 Å². The van der Waals surface area contributed by atoms with E-state index in [1.165, 1.54) is 6.42 Å². The topological polar surface area (TPSA) is 40.6 Å². The minimum absolute atomic E-state index is 0.0595. The molecular formula is C17H22N2O2. The first-order valence-electron chi connectivity index (χ1n) is 7.82. The van der Waals surface area contributed by atoms with Crippen LogP contribution in [0.25, 0.3) is 0 Å². The van der Waals surface area contributed by atoms with Crippen molar-refractivity contribution in [2.75, 3.05) is 18.0 Å². The highest BCUT2D eigenvalue weighted by molar-refractivity contribution is 6.00. The van der Waals surface area contributed by atoms with Gasteiger partial charge in [-0.05, 0) is 38.3 Å². The van der Waals surface area contributed by atoms with E-state index >= 15 is 0 Å². The quantitative estimate of drug-likeness (QED) is 0.838. The van der Waals surface area contributed by atoms with Crippen molar-refractivity contribution < 1.29 is 9.59 Å². The van der Waals surface area contributed by atoms with E-state index < -0.39 is 0 Å². The number of para-hydroxylation sites is 1. The third-order valence-corrected chi connectivity index (χ3v) is 4.63. The Bertz CT molecular complexity index is 529. The summed E-state index contributed by atoms with van der Waals surface area (Å²) in [6.45, 7) is 3.48. The molecule has 0 spiro atoms. The van der Waals surface area contributed by atoms with Crippen LogP contribution in [-0.2, 0) is 9.59 Å². The summed E-state index contributed by atoms with van der Waals surface area (Å²) in [5.74, 6) is 0.0384. The third kappa shape index (κ3) is 2.80. The van der Waals surface area contributed by atoms with Crippen LogP contribution < -0.4 is 4.90 Å². The highest BCUT2D eigenvalue weighted by atomic mass is 16.2. The Hall–Kier alpha value is -1.84. The molecule has 4 heteroatoms. The standard InChI is InChI=1S/C17H22N2O2/c1-13-7-5-6-10-18(13)17(21)14-11-16(20)19(12-14)15-8-3-2-4-9-15/h2-4,8-9,13-14H,5-7,10-12H2,1H3/t13-,14-/m1/s1. The van der Waals surface area contributed by atoms with Crippen LogP contribution in [0.15, 0.2) is 30.3 Å². The minimum Gasteiger partial charge on any atom is -0.340 e. The molecule has 0 bridgehead atoms. The Morgan fingerprint density at radius 3 is 2.67 bits per heavy atom. The Morgan fingerprint density at radius 1 is 1.19 bits per heavy atom. The Morgan fingerprint density at radius 2 is 1.95 bits per heavy atom. The fourth-order valence-corrected chi connectivity index (χ4v) is 3.39. The highest BCUT2D eigenvalue weighted by Gasteiger charge is 2.38. The lowest BCUT2D eigenvalue weighted by Gasteiger charge is -2.35. The lowest BCUT2D eigenvalue weighted by molar-refractivity contribution is -0.139. The van der Waals surface area contributed by atoms with Gasteiger partial charge in [-0.25, -0.2) is 0 Å². The molecule has 4 nitrogen and oxygen atoms in total. The molecular weight excluding hydrogens is 264 g/mol. The molecule has 0 saturated carbocycles. The zero-order valence-electron chi connectivity index (χ0n) is 12.5. The van der Waals surface area contributed by atoms with Gasteiger partial charge in [0.05, 0.1) is 5.92 Å². The minimum atomic E-state index is -0.182. The van der Waals surface area contributed by atoms with Gasteiger partial charge in [0.1, 0.15) is 0 Å². The predicted octanol–water partition coefficient (Wildman–Crippen LogP) is 2.44. The van der Waals surface area contributed by atoms with Crippen LogP contribution in [0, 0.1) is 5.92 Å². The second-order valence-electron chi connectivity index (χ2n) is 6.12. The van der Waals surface area contributed by atoms with Gasteiger partial charge in [-0.2, -0.15) is 0 Å². The van der Waals surface area contributed by atoms with Crippen molar-refractivity contribution in [3.63, 3.8) is 0 Å². The monoisotopic (exact) mass is 286 g/mol. The van der Waals surface area contributed by atoms with Gasteiger partial charge in [-0.3, -0.25) is 9.59 Å². The number of piperidine rings is 1. The molecule has 0 unspecified atom stereocenters. The van der Waals surface area contributed by atoms with Crippen molar-refractivity contribution in [2.45, 2.75) is 38.6 Å². The van der Waals surface area contributed by atoms with E-state index in [9.17, 15) is 9.59 Å². The average molecular weight is 286 g/mol. The van der Waals surface area contributed by atoms with E-state index in [1.54, 1.807) is 4.90 Å². The van der Waals surface area contributed by atoms with Crippen LogP contribution in [-0.4, -0.2) is 35.8 Å². The lowest BCUT2D eigenvalue weighted by atomic mass is 9.99. The number of likely N-dealkylation sites (tertiary alicyclic amines) is 1. The first kappa shape index (κ1) is 14.1. The van der Waals surface area contributed by atoms with Crippen LogP contribution in [0.5, 0.6) is 0 Å². The van der Waals surface area contributed by atoms with Gasteiger partial charge in [0.2, 0.25) is 11.8 Å². The number of hydrogen-bond acceptors (Lipinski definition) is 2. The van der Waals surface area contributed by atoms with Crippen molar-refractivity contribution >= 4 is 17.5 Å². The van der Waals surface area contributed by atoms with Gasteiger partial charge < -0.3 is 9.80 Å². The Balaban J connectivity index is 1.71. The largest absolute Gasteiger partial charge is 0.340 e. The van der Waals surface area contributed by atoms with Crippen molar-refractivity contribution in [3.05, 3.63) is 30.3 Å². The van der Waals surface area contributed by atoms with Crippen molar-refractivity contribution in [1.29, 1.82) is 0 Å². The maximum Gasteiger partial charge on any atom is 0.228 e. The van der Waals surface area contributed by atoms with Gasteiger partial charge in [0.25, 0.3) is 0 Å². The van der Waals surface area contributed by atoms with E-state index in [-0.39, 0.29) is 17.7 Å². The van der Waals surface area contributed by atoms with Gasteiger partial charge in [0.15, 0.2) is 0 Å². The number of benzene rings is 1. The number of amides is 2. The maximum atomic E-state index is 12.7. The molecule has 2 fully saturated rings. The molecule has 0 radical (unpaired) electrons. The molecule has 2 aliphatic rings. The Labute approximate surface area is 125 Å². The highest BCUT2D eigenvalue weighted by Crippen LogP contribution is 2.28. The van der Waals surface area contributed by atoms with E-state index in [4.69, 9.17) is 0 Å². The predicted molar refractivity (Wildman–Crippen MR) is 81.9 cm³/mol. The zero-order chi connectivity index (χ0) is 14.8. The first-order valence-corrected chi connectivity index (χ1v) is 7.82. The summed E-state index contributed by atoms with van der Waals surface area (Å²) in [6, 6.07) is 9.94. The average Bonchev–Trinajstić information content (AvgIpc) is 2.90. The first-order chi connectivity index (χ1) is 10.2. The molecule has 21 heavy (non-hydrogen) atoms. The van der Waals surface area contributed by atoms with Gasteiger partial charge >= 0.3 is 0 Å². The zero-order valence-corrected chi connectivity index (χ0v) is 12.5. The van der Waals surface area contributed by atoms with E-state index in [2.05, 4.69) is 6.92 Å². The van der Waals surface area contributed by atoms with Gasteiger partial charge in [0, 0.05) is 31.2 Å². The molecule has 1 aromatic rings. The molecule has 2 heterocycles. The summed E-state index contributed by atoms with van der Waals surface area (Å²) in [7, 11) is 0. The molecule has 1 aromatic carbocycles. The van der Waals surface area contributed by atoms with Crippen LogP contribution in [0.4, 0.5) is 5.69 Å². The van der Waals surface area contributed by atoms with Crippen LogP contribution in [0.3, 0.4) is 0 Å². The molecule has 0 aliphatic carbocycles. The summed E-state index contributed by atoms with van der Waals surface area (Å²) in [5, 5.41) is 0. The molecule has 0 aromatic heterocycles. The van der Waals surface area contributed by atoms with E-state index in [1.807, 2.05) is 35.2 Å². The second-order valence-corrected chi connectivity index (χ2v) is 6.12. The lowest BCUT2D eigenvalue weighted by Crippen LogP contribution is -2.45. The number of hydrogen-bond donors (Lipinski definition) is 0. The summed E-state index contributed by atoms with van der Waals surface area (Å²) in [5.41, 5.74) is 0.893. The number of anilines is 1.